The van der Waals surface area contributed by atoms with Gasteiger partial charge in [0.2, 0.25) is 0 Å². The normalized spacial score (nSPS) is 11.6. The van der Waals surface area contributed by atoms with Gasteiger partial charge in [-0.15, -0.1) is 11.3 Å². The summed E-state index contributed by atoms with van der Waals surface area (Å²) in [6.45, 7) is 0. The number of carbonyl (C=O) groups excluding carboxylic acids is 1. The van der Waals surface area contributed by atoms with Gasteiger partial charge in [-0.25, -0.2) is 0 Å². The van der Waals surface area contributed by atoms with Crippen molar-refractivity contribution >= 4 is 29.2 Å². The SMILES string of the molecule is O=Cc1ccc(-c2ccc(Cl)cc2C(F)(F)F)s1. The lowest BCUT2D eigenvalue weighted by atomic mass is 10.1. The van der Waals surface area contributed by atoms with Crippen LogP contribution in [0.25, 0.3) is 10.4 Å². The zero-order valence-corrected chi connectivity index (χ0v) is 10.4. The topological polar surface area (TPSA) is 17.1 Å². The van der Waals surface area contributed by atoms with Crippen LogP contribution in [0.5, 0.6) is 0 Å². The molecule has 0 saturated carbocycles. The van der Waals surface area contributed by atoms with Crippen LogP contribution < -0.4 is 0 Å². The lowest BCUT2D eigenvalue weighted by Gasteiger charge is -2.11. The maximum absolute atomic E-state index is 12.9. The second-order valence-electron chi connectivity index (χ2n) is 3.51. The van der Waals surface area contributed by atoms with E-state index >= 15 is 0 Å². The molecule has 1 nitrogen and oxygen atoms in total. The first-order chi connectivity index (χ1) is 8.41. The van der Waals surface area contributed by atoms with Gasteiger partial charge in [-0.3, -0.25) is 4.79 Å². The number of carbonyl (C=O) groups is 1. The largest absolute Gasteiger partial charge is 0.417 e. The van der Waals surface area contributed by atoms with E-state index in [1.54, 1.807) is 0 Å². The smallest absolute Gasteiger partial charge is 0.297 e. The molecule has 1 aromatic heterocycles. The van der Waals surface area contributed by atoms with Crippen LogP contribution in [0.2, 0.25) is 5.02 Å². The second-order valence-corrected chi connectivity index (χ2v) is 5.06. The van der Waals surface area contributed by atoms with Gasteiger partial charge in [-0.1, -0.05) is 17.7 Å². The quantitative estimate of drug-likeness (QED) is 0.719. The minimum absolute atomic E-state index is 0.0261. The van der Waals surface area contributed by atoms with Gasteiger partial charge in [0.05, 0.1) is 10.4 Å². The standard InChI is InChI=1S/C12H6ClF3OS/c13-7-1-3-9(10(5-7)12(14,15)16)11-4-2-8(6-17)18-11/h1-6H. The molecule has 0 fully saturated rings. The zero-order valence-electron chi connectivity index (χ0n) is 8.79. The maximum Gasteiger partial charge on any atom is 0.417 e. The summed E-state index contributed by atoms with van der Waals surface area (Å²) in [5, 5.41) is 0.0261. The maximum atomic E-state index is 12.9. The van der Waals surface area contributed by atoms with Crippen LogP contribution in [0, 0.1) is 0 Å². The van der Waals surface area contributed by atoms with Crippen LogP contribution in [0.1, 0.15) is 15.2 Å². The molecule has 0 bridgehead atoms. The number of halogens is 4. The van der Waals surface area contributed by atoms with E-state index < -0.39 is 11.7 Å². The highest BCUT2D eigenvalue weighted by Crippen LogP contribution is 2.40. The Balaban J connectivity index is 2.60. The first-order valence-electron chi connectivity index (χ1n) is 4.84. The molecular formula is C12H6ClF3OS. The van der Waals surface area contributed by atoms with Crippen molar-refractivity contribution in [3.05, 3.63) is 45.8 Å². The van der Waals surface area contributed by atoms with Crippen molar-refractivity contribution in [3.63, 3.8) is 0 Å². The van der Waals surface area contributed by atoms with E-state index in [2.05, 4.69) is 0 Å². The van der Waals surface area contributed by atoms with Crippen molar-refractivity contribution in [2.24, 2.45) is 0 Å². The van der Waals surface area contributed by atoms with Crippen molar-refractivity contribution in [1.29, 1.82) is 0 Å². The van der Waals surface area contributed by atoms with Gasteiger partial charge in [0.25, 0.3) is 0 Å². The summed E-state index contributed by atoms with van der Waals surface area (Å²) >= 11 is 6.60. The fraction of sp³-hybridized carbons (Fsp3) is 0.0833. The van der Waals surface area contributed by atoms with Crippen LogP contribution in [-0.2, 0) is 6.18 Å². The van der Waals surface area contributed by atoms with E-state index in [1.165, 1.54) is 24.3 Å². The molecule has 0 unspecified atom stereocenters. The first kappa shape index (κ1) is 13.1. The summed E-state index contributed by atoms with van der Waals surface area (Å²) in [7, 11) is 0. The average molecular weight is 291 g/mol. The van der Waals surface area contributed by atoms with Gasteiger partial charge in [0.1, 0.15) is 0 Å². The van der Waals surface area contributed by atoms with Crippen molar-refractivity contribution in [2.75, 3.05) is 0 Å². The molecule has 94 valence electrons. The van der Waals surface area contributed by atoms with E-state index in [4.69, 9.17) is 11.6 Å². The Hall–Kier alpha value is -1.33. The fourth-order valence-electron chi connectivity index (χ4n) is 1.53. The number of thiophene rings is 1. The lowest BCUT2D eigenvalue weighted by Crippen LogP contribution is -2.06. The summed E-state index contributed by atoms with van der Waals surface area (Å²) in [6.07, 6.45) is -3.87. The van der Waals surface area contributed by atoms with Crippen molar-refractivity contribution in [2.45, 2.75) is 6.18 Å². The molecule has 1 aromatic carbocycles. The zero-order chi connectivity index (χ0) is 13.3. The summed E-state index contributed by atoms with van der Waals surface area (Å²) < 4.78 is 38.6. The number of aldehydes is 1. The Bertz CT molecular complexity index is 589. The summed E-state index contributed by atoms with van der Waals surface area (Å²) in [5.74, 6) is 0. The summed E-state index contributed by atoms with van der Waals surface area (Å²) in [4.78, 5) is 11.3. The minimum atomic E-state index is -4.48. The van der Waals surface area contributed by atoms with Gasteiger partial charge in [0.15, 0.2) is 6.29 Å². The Morgan fingerprint density at radius 1 is 1.17 bits per heavy atom. The predicted molar refractivity (Wildman–Crippen MR) is 65.2 cm³/mol. The molecule has 0 aliphatic heterocycles. The minimum Gasteiger partial charge on any atom is -0.297 e. The Morgan fingerprint density at radius 2 is 1.89 bits per heavy atom. The third-order valence-corrected chi connectivity index (χ3v) is 3.57. The van der Waals surface area contributed by atoms with Crippen LogP contribution in [0.3, 0.4) is 0 Å². The predicted octanol–water partition coefficient (Wildman–Crippen LogP) is 4.90. The Labute approximate surface area is 110 Å². The molecule has 18 heavy (non-hydrogen) atoms. The highest BCUT2D eigenvalue weighted by molar-refractivity contribution is 7.17. The molecule has 0 aliphatic carbocycles. The highest BCUT2D eigenvalue weighted by atomic mass is 35.5. The van der Waals surface area contributed by atoms with Gasteiger partial charge in [-0.2, -0.15) is 13.2 Å². The van der Waals surface area contributed by atoms with Gasteiger partial charge in [-0.05, 0) is 24.3 Å². The summed E-state index contributed by atoms with van der Waals surface area (Å²) in [6, 6.07) is 6.57. The second kappa shape index (κ2) is 4.74. The lowest BCUT2D eigenvalue weighted by molar-refractivity contribution is -0.137. The molecule has 0 aliphatic rings. The van der Waals surface area contributed by atoms with Crippen LogP contribution >= 0.6 is 22.9 Å². The van der Waals surface area contributed by atoms with Gasteiger partial charge < -0.3 is 0 Å². The number of hydrogen-bond acceptors (Lipinski definition) is 2. The molecule has 1 heterocycles. The molecule has 2 aromatic rings. The Kier molecular flexibility index (Phi) is 3.45. The molecule has 0 amide bonds. The van der Waals surface area contributed by atoms with Crippen LogP contribution in [0.4, 0.5) is 13.2 Å². The molecule has 0 N–H and O–H groups in total. The number of benzene rings is 1. The number of rotatable bonds is 2. The first-order valence-corrected chi connectivity index (χ1v) is 6.03. The molecule has 0 radical (unpaired) electrons. The van der Waals surface area contributed by atoms with Gasteiger partial charge in [0, 0.05) is 15.5 Å². The fourth-order valence-corrected chi connectivity index (χ4v) is 2.56. The Morgan fingerprint density at radius 3 is 2.44 bits per heavy atom. The highest BCUT2D eigenvalue weighted by Gasteiger charge is 2.34. The van der Waals surface area contributed by atoms with E-state index in [0.29, 0.717) is 16.0 Å². The van der Waals surface area contributed by atoms with Crippen LogP contribution in [0.15, 0.2) is 30.3 Å². The van der Waals surface area contributed by atoms with Crippen LogP contribution in [-0.4, -0.2) is 6.29 Å². The monoisotopic (exact) mass is 290 g/mol. The van der Waals surface area contributed by atoms with E-state index in [0.717, 1.165) is 17.4 Å². The van der Waals surface area contributed by atoms with Gasteiger partial charge >= 0.3 is 6.18 Å². The third kappa shape index (κ3) is 2.57. The van der Waals surface area contributed by atoms with Crippen molar-refractivity contribution in [1.82, 2.24) is 0 Å². The summed E-state index contributed by atoms with van der Waals surface area (Å²) in [5.41, 5.74) is -0.765. The molecule has 0 atom stereocenters. The van der Waals surface area contributed by atoms with E-state index in [9.17, 15) is 18.0 Å². The van der Waals surface area contributed by atoms with E-state index in [-0.39, 0.29) is 10.6 Å². The molecule has 0 spiro atoms. The number of hydrogen-bond donors (Lipinski definition) is 0. The molecular weight excluding hydrogens is 285 g/mol. The molecule has 2 rings (SSSR count). The van der Waals surface area contributed by atoms with Crippen molar-refractivity contribution < 1.29 is 18.0 Å². The molecule has 6 heteroatoms. The van der Waals surface area contributed by atoms with Crippen molar-refractivity contribution in [3.8, 4) is 10.4 Å². The third-order valence-electron chi connectivity index (χ3n) is 2.30. The van der Waals surface area contributed by atoms with E-state index in [1.807, 2.05) is 0 Å². The number of alkyl halides is 3. The average Bonchev–Trinajstić information content (AvgIpc) is 2.76. The molecule has 0 saturated heterocycles.